The van der Waals surface area contributed by atoms with Crippen molar-refractivity contribution in [3.63, 3.8) is 0 Å². The van der Waals surface area contributed by atoms with Gasteiger partial charge in [0.15, 0.2) is 0 Å². The van der Waals surface area contributed by atoms with Crippen molar-refractivity contribution in [1.29, 1.82) is 0 Å². The van der Waals surface area contributed by atoms with Gasteiger partial charge in [-0.25, -0.2) is 0 Å². The predicted octanol–water partition coefficient (Wildman–Crippen LogP) is 15.0. The molecule has 68 heavy (non-hydrogen) atoms. The average Bonchev–Trinajstić information content (AvgIpc) is 3.38. The van der Waals surface area contributed by atoms with Gasteiger partial charge < -0.3 is 28.3 Å². The van der Waals surface area contributed by atoms with Gasteiger partial charge in [0.05, 0.1) is 0 Å². The molecule has 0 radical (unpaired) electrons. The highest BCUT2D eigenvalue weighted by molar-refractivity contribution is 7.49. The zero-order chi connectivity index (χ0) is 46.2. The summed E-state index contributed by atoms with van der Waals surface area (Å²) >= 11 is 0. The first kappa shape index (κ1) is 45.2. The van der Waals surface area contributed by atoms with Crippen LogP contribution >= 0.6 is 7.82 Å². The summed E-state index contributed by atoms with van der Waals surface area (Å²) in [6, 6.07) is 85.3. The van der Waals surface area contributed by atoms with Crippen molar-refractivity contribution in [2.45, 2.75) is 39.3 Å². The minimum absolute atomic E-state index is 0.346. The summed E-state index contributed by atoms with van der Waals surface area (Å²) < 4.78 is 34.1. The van der Waals surface area contributed by atoms with Crippen LogP contribution in [0.15, 0.2) is 255 Å². The van der Waals surface area contributed by atoms with Gasteiger partial charge in [0.1, 0.15) is 17.2 Å². The maximum Gasteiger partial charge on any atom is 0.647 e. The Kier molecular flexibility index (Phi) is 14.9. The van der Waals surface area contributed by atoms with Crippen LogP contribution in [0.5, 0.6) is 17.2 Å². The maximum atomic E-state index is 15.1. The van der Waals surface area contributed by atoms with E-state index in [2.05, 4.69) is 160 Å². The molecule has 0 heterocycles. The number of hydrogen-bond acceptors (Lipinski definition) is 7. The molecule has 0 aromatic heterocycles. The minimum atomic E-state index is -4.37. The predicted molar refractivity (Wildman–Crippen MR) is 277 cm³/mol. The molecule has 338 valence electrons. The van der Waals surface area contributed by atoms with E-state index >= 15 is 4.57 Å². The Balaban J connectivity index is 0.989. The lowest BCUT2D eigenvalue weighted by molar-refractivity contribution is 0.298. The molecule has 0 fully saturated rings. The van der Waals surface area contributed by atoms with E-state index in [0.29, 0.717) is 56.5 Å². The number of hydrogen-bond donors (Lipinski definition) is 0. The standard InChI is InChI=1S/C60H54N3O4P/c64-68(65-58-37-31-55(32-38-58)61(43-49-19-7-1-8-20-49)44-50-21-9-2-10-22-50,66-59-39-33-56(34-40-59)62(45-51-23-11-3-12-24-51)46-52-25-13-4-14-26-52)67-60-41-35-57(36-42-60)63(47-53-27-15-5-16-28-53)48-54-29-17-6-18-30-54/h1-42H,43-48H2. The van der Waals surface area contributed by atoms with Gasteiger partial charge in [-0.2, -0.15) is 4.57 Å². The molecule has 0 unspecified atom stereocenters. The molecule has 9 aromatic rings. The van der Waals surface area contributed by atoms with Crippen molar-refractivity contribution in [3.05, 3.63) is 288 Å². The second kappa shape index (κ2) is 22.5. The maximum absolute atomic E-state index is 15.1. The molecule has 0 N–H and O–H groups in total. The SMILES string of the molecule is O=P(Oc1ccc(N(Cc2ccccc2)Cc2ccccc2)cc1)(Oc1ccc(N(Cc2ccccc2)Cc2ccccc2)cc1)Oc1ccc(N(Cc2ccccc2)Cc2ccccc2)cc1. The summed E-state index contributed by atoms with van der Waals surface area (Å²) in [4.78, 5) is 6.92. The lowest BCUT2D eigenvalue weighted by Gasteiger charge is -2.27. The molecule has 0 saturated carbocycles. The molecular weight excluding hydrogens is 858 g/mol. The van der Waals surface area contributed by atoms with Crippen LogP contribution in [0.25, 0.3) is 0 Å². The van der Waals surface area contributed by atoms with E-state index in [1.54, 1.807) is 0 Å². The molecule has 9 rings (SSSR count). The van der Waals surface area contributed by atoms with E-state index in [9.17, 15) is 0 Å². The third-order valence-corrected chi connectivity index (χ3v) is 12.9. The molecule has 0 aliphatic heterocycles. The smallest absolute Gasteiger partial charge is 0.386 e. The van der Waals surface area contributed by atoms with Gasteiger partial charge >= 0.3 is 7.82 Å². The van der Waals surface area contributed by atoms with Gasteiger partial charge in [0, 0.05) is 56.3 Å². The fraction of sp³-hybridized carbons (Fsp3) is 0.100. The normalized spacial score (nSPS) is 11.1. The molecule has 0 spiro atoms. The van der Waals surface area contributed by atoms with E-state index in [1.807, 2.05) is 109 Å². The quantitative estimate of drug-likeness (QED) is 0.0666. The summed E-state index contributed by atoms with van der Waals surface area (Å²) in [6.45, 7) is 4.22. The summed E-state index contributed by atoms with van der Waals surface area (Å²) in [5, 5.41) is 0. The van der Waals surface area contributed by atoms with Crippen LogP contribution in [0.2, 0.25) is 0 Å². The van der Waals surface area contributed by atoms with Crippen LogP contribution in [0.1, 0.15) is 33.4 Å². The van der Waals surface area contributed by atoms with Crippen LogP contribution in [0.3, 0.4) is 0 Å². The lowest BCUT2D eigenvalue weighted by atomic mass is 10.1. The molecule has 9 aromatic carbocycles. The zero-order valence-corrected chi connectivity index (χ0v) is 38.8. The van der Waals surface area contributed by atoms with E-state index in [0.717, 1.165) is 17.1 Å². The molecule has 0 aliphatic carbocycles. The van der Waals surface area contributed by atoms with Crippen molar-refractivity contribution in [2.75, 3.05) is 14.7 Å². The van der Waals surface area contributed by atoms with Gasteiger partial charge in [0.2, 0.25) is 0 Å². The molecule has 8 heteroatoms. The van der Waals surface area contributed by atoms with Crippen molar-refractivity contribution < 1.29 is 18.1 Å². The molecule has 0 aliphatic rings. The fourth-order valence-corrected chi connectivity index (χ4v) is 9.39. The number of phosphoric ester groups is 1. The van der Waals surface area contributed by atoms with Gasteiger partial charge in [-0.15, -0.1) is 0 Å². The van der Waals surface area contributed by atoms with E-state index < -0.39 is 7.82 Å². The number of phosphoric acid groups is 1. The minimum Gasteiger partial charge on any atom is -0.386 e. The van der Waals surface area contributed by atoms with Gasteiger partial charge in [-0.05, 0) is 106 Å². The van der Waals surface area contributed by atoms with Gasteiger partial charge in [-0.1, -0.05) is 182 Å². The molecule has 0 bridgehead atoms. The van der Waals surface area contributed by atoms with Crippen LogP contribution in [0.4, 0.5) is 17.1 Å². The second-order valence-corrected chi connectivity index (χ2v) is 18.1. The highest BCUT2D eigenvalue weighted by Gasteiger charge is 2.33. The first-order valence-corrected chi connectivity index (χ1v) is 24.4. The van der Waals surface area contributed by atoms with Gasteiger partial charge in [0.25, 0.3) is 0 Å². The van der Waals surface area contributed by atoms with E-state index in [-0.39, 0.29) is 0 Å². The van der Waals surface area contributed by atoms with Crippen molar-refractivity contribution in [3.8, 4) is 17.2 Å². The Morgan fingerprint density at radius 1 is 0.250 bits per heavy atom. The van der Waals surface area contributed by atoms with Gasteiger partial charge in [-0.3, -0.25) is 0 Å². The first-order valence-electron chi connectivity index (χ1n) is 23.0. The summed E-state index contributed by atoms with van der Waals surface area (Å²) in [7, 11) is -4.37. The highest BCUT2D eigenvalue weighted by Crippen LogP contribution is 2.50. The zero-order valence-electron chi connectivity index (χ0n) is 37.9. The Morgan fingerprint density at radius 2 is 0.426 bits per heavy atom. The van der Waals surface area contributed by atoms with E-state index in [1.165, 1.54) is 33.4 Å². The fourth-order valence-electron chi connectivity index (χ4n) is 8.13. The Labute approximate surface area is 400 Å². The van der Waals surface area contributed by atoms with Crippen LogP contribution < -0.4 is 28.3 Å². The monoisotopic (exact) mass is 911 g/mol. The summed E-state index contributed by atoms with van der Waals surface area (Å²) in [6.07, 6.45) is 0. The topological polar surface area (TPSA) is 54.5 Å². The second-order valence-electron chi connectivity index (χ2n) is 16.7. The van der Waals surface area contributed by atoms with Crippen LogP contribution in [0, 0.1) is 0 Å². The molecule has 0 atom stereocenters. The summed E-state index contributed by atoms with van der Waals surface area (Å²) in [5.41, 5.74) is 10.1. The molecular formula is C60H54N3O4P. The third-order valence-electron chi connectivity index (χ3n) is 11.6. The Morgan fingerprint density at radius 3 is 0.603 bits per heavy atom. The van der Waals surface area contributed by atoms with Crippen molar-refractivity contribution in [2.24, 2.45) is 0 Å². The van der Waals surface area contributed by atoms with Crippen LogP contribution in [-0.4, -0.2) is 0 Å². The largest absolute Gasteiger partial charge is 0.647 e. The number of anilines is 3. The molecule has 7 nitrogen and oxygen atoms in total. The molecule has 0 amide bonds. The molecule has 0 saturated heterocycles. The van der Waals surface area contributed by atoms with Crippen LogP contribution in [-0.2, 0) is 43.8 Å². The highest BCUT2D eigenvalue weighted by atomic mass is 31.2. The Bertz CT molecular complexity index is 2480. The van der Waals surface area contributed by atoms with E-state index in [4.69, 9.17) is 13.6 Å². The third kappa shape index (κ3) is 12.9. The van der Waals surface area contributed by atoms with Crippen molar-refractivity contribution >= 4 is 24.9 Å². The lowest BCUT2D eigenvalue weighted by Crippen LogP contribution is -2.22. The average molecular weight is 912 g/mol. The summed E-state index contributed by atoms with van der Waals surface area (Å²) in [5.74, 6) is 1.04. The number of rotatable bonds is 21. The first-order chi connectivity index (χ1) is 33.5. The van der Waals surface area contributed by atoms with Crippen molar-refractivity contribution in [1.82, 2.24) is 0 Å². The Hall–Kier alpha value is -7.99. The number of nitrogens with zero attached hydrogens (tertiary/aromatic N) is 3. The number of benzene rings is 9.